The van der Waals surface area contributed by atoms with Crippen molar-refractivity contribution in [1.82, 2.24) is 19.4 Å². The van der Waals surface area contributed by atoms with Gasteiger partial charge in [0.25, 0.3) is 0 Å². The first kappa shape index (κ1) is 25.5. The van der Waals surface area contributed by atoms with E-state index >= 15 is 0 Å². The van der Waals surface area contributed by atoms with E-state index in [2.05, 4.69) is 15.3 Å². The number of imidazole rings is 1. The van der Waals surface area contributed by atoms with Crippen LogP contribution < -0.4 is 16.0 Å². The van der Waals surface area contributed by atoms with Crippen molar-refractivity contribution in [3.63, 3.8) is 0 Å². The van der Waals surface area contributed by atoms with E-state index in [1.807, 2.05) is 6.07 Å². The van der Waals surface area contributed by atoms with Gasteiger partial charge in [-0.05, 0) is 36.2 Å². The van der Waals surface area contributed by atoms with Gasteiger partial charge in [0.1, 0.15) is 5.69 Å². The van der Waals surface area contributed by atoms with E-state index in [4.69, 9.17) is 28.9 Å². The summed E-state index contributed by atoms with van der Waals surface area (Å²) in [6, 6.07) is 8.36. The van der Waals surface area contributed by atoms with E-state index < -0.39 is 0 Å². The van der Waals surface area contributed by atoms with Gasteiger partial charge in [0, 0.05) is 57.1 Å². The molecule has 3 N–H and O–H groups in total. The third kappa shape index (κ3) is 5.14. The van der Waals surface area contributed by atoms with Gasteiger partial charge in [0.15, 0.2) is 12.1 Å². The first-order valence-corrected chi connectivity index (χ1v) is 11.8. The van der Waals surface area contributed by atoms with Crippen LogP contribution in [0.4, 0.5) is 22.2 Å². The summed E-state index contributed by atoms with van der Waals surface area (Å²) in [6.45, 7) is 0.279. The number of urea groups is 1. The molecule has 1 aliphatic rings. The monoisotopic (exact) mass is 529 g/mol. The number of amides is 3. The topological polar surface area (TPSA) is 126 Å². The summed E-state index contributed by atoms with van der Waals surface area (Å²) >= 11 is 12.1. The van der Waals surface area contributed by atoms with Crippen molar-refractivity contribution in [2.24, 2.45) is 18.7 Å². The Morgan fingerprint density at radius 1 is 1.22 bits per heavy atom. The summed E-state index contributed by atoms with van der Waals surface area (Å²) in [7, 11) is 4.86. The quantitative estimate of drug-likeness (QED) is 0.425. The van der Waals surface area contributed by atoms with Crippen LogP contribution in [-0.2, 0) is 18.4 Å². The molecule has 0 radical (unpaired) electrons. The molecule has 1 aromatic carbocycles. The van der Waals surface area contributed by atoms with Gasteiger partial charge in [-0.3, -0.25) is 19.5 Å². The lowest BCUT2D eigenvalue weighted by atomic mass is 10.2. The number of nitrogens with zero attached hydrogens (tertiary/aromatic N) is 5. The third-order valence-electron chi connectivity index (χ3n) is 6.14. The number of nitrogens with one attached hydrogen (secondary N) is 1. The van der Waals surface area contributed by atoms with Crippen LogP contribution >= 0.6 is 23.2 Å². The molecule has 10 nitrogen and oxygen atoms in total. The van der Waals surface area contributed by atoms with E-state index in [1.165, 1.54) is 9.80 Å². The SMILES string of the molecule is CN(Cc1ccc(Cl)c(Cl)c1)C(=O)N(C)c1nc(Nc2ccnc([C@H]3C[C@@H]3C(N)=O)c2)n(C)c1C=O. The molecular formula is C24H25Cl2N7O3. The molecule has 0 saturated heterocycles. The van der Waals surface area contributed by atoms with Crippen molar-refractivity contribution in [2.45, 2.75) is 18.9 Å². The zero-order valence-corrected chi connectivity index (χ0v) is 21.4. The van der Waals surface area contributed by atoms with Crippen molar-refractivity contribution in [2.75, 3.05) is 24.3 Å². The molecule has 12 heteroatoms. The third-order valence-corrected chi connectivity index (χ3v) is 6.88. The number of hydrogen-bond acceptors (Lipinski definition) is 6. The maximum absolute atomic E-state index is 13.1. The lowest BCUT2D eigenvalue weighted by molar-refractivity contribution is -0.119. The van der Waals surface area contributed by atoms with Crippen LogP contribution in [0.3, 0.4) is 0 Å². The normalized spacial score (nSPS) is 16.4. The summed E-state index contributed by atoms with van der Waals surface area (Å²) in [5.74, 6) is 0.0298. The summed E-state index contributed by atoms with van der Waals surface area (Å²) < 4.78 is 1.56. The summed E-state index contributed by atoms with van der Waals surface area (Å²) in [6.07, 6.45) is 2.96. The average Bonchev–Trinajstić information content (AvgIpc) is 3.60. The highest BCUT2D eigenvalue weighted by Gasteiger charge is 2.43. The Hall–Kier alpha value is -3.63. The Balaban J connectivity index is 1.52. The lowest BCUT2D eigenvalue weighted by Gasteiger charge is -2.24. The van der Waals surface area contributed by atoms with E-state index in [9.17, 15) is 14.4 Å². The van der Waals surface area contributed by atoms with Gasteiger partial charge in [-0.2, -0.15) is 4.98 Å². The lowest BCUT2D eigenvalue weighted by Crippen LogP contribution is -2.39. The molecular weight excluding hydrogens is 505 g/mol. The van der Waals surface area contributed by atoms with Gasteiger partial charge >= 0.3 is 6.03 Å². The van der Waals surface area contributed by atoms with Crippen molar-refractivity contribution in [3.05, 3.63) is 63.5 Å². The van der Waals surface area contributed by atoms with Crippen molar-refractivity contribution < 1.29 is 14.4 Å². The number of nitrogens with two attached hydrogens (primary N) is 1. The van der Waals surface area contributed by atoms with Crippen LogP contribution in [0.1, 0.15) is 34.1 Å². The number of benzene rings is 1. The average molecular weight is 530 g/mol. The minimum absolute atomic E-state index is 0.00142. The van der Waals surface area contributed by atoms with Crippen LogP contribution in [0.15, 0.2) is 36.5 Å². The fraction of sp³-hybridized carbons (Fsp3) is 0.292. The predicted molar refractivity (Wildman–Crippen MR) is 138 cm³/mol. The number of aromatic nitrogens is 3. The number of carbonyl (C=O) groups is 3. The number of primary amides is 1. The predicted octanol–water partition coefficient (Wildman–Crippen LogP) is 3.96. The first-order valence-electron chi connectivity index (χ1n) is 11.1. The second-order valence-corrected chi connectivity index (χ2v) is 9.53. The molecule has 3 amide bonds. The Morgan fingerprint density at radius 3 is 2.61 bits per heavy atom. The summed E-state index contributed by atoms with van der Waals surface area (Å²) in [4.78, 5) is 48.1. The van der Waals surface area contributed by atoms with E-state index in [-0.39, 0.29) is 41.8 Å². The molecule has 1 saturated carbocycles. The molecule has 3 aromatic rings. The fourth-order valence-corrected chi connectivity index (χ4v) is 4.33. The van der Waals surface area contributed by atoms with Crippen LogP contribution in [0.5, 0.6) is 0 Å². The number of carbonyl (C=O) groups excluding carboxylic acids is 3. The number of anilines is 3. The maximum Gasteiger partial charge on any atom is 0.325 e. The summed E-state index contributed by atoms with van der Waals surface area (Å²) in [5.41, 5.74) is 7.85. The Labute approximate surface area is 218 Å². The highest BCUT2D eigenvalue weighted by atomic mass is 35.5. The second-order valence-electron chi connectivity index (χ2n) is 8.71. The Kier molecular flexibility index (Phi) is 7.18. The Morgan fingerprint density at radius 2 is 1.97 bits per heavy atom. The number of hydrogen-bond donors (Lipinski definition) is 2. The largest absolute Gasteiger partial charge is 0.369 e. The van der Waals surface area contributed by atoms with E-state index in [1.54, 1.807) is 56.2 Å². The molecule has 1 aliphatic carbocycles. The van der Waals surface area contributed by atoms with Crippen molar-refractivity contribution >= 4 is 58.9 Å². The van der Waals surface area contributed by atoms with Crippen LogP contribution in [0.25, 0.3) is 0 Å². The molecule has 2 heterocycles. The van der Waals surface area contributed by atoms with Gasteiger partial charge < -0.3 is 20.5 Å². The van der Waals surface area contributed by atoms with E-state index in [0.29, 0.717) is 34.4 Å². The summed E-state index contributed by atoms with van der Waals surface area (Å²) in [5, 5.41) is 4.00. The molecule has 188 valence electrons. The van der Waals surface area contributed by atoms with Gasteiger partial charge in [0.05, 0.1) is 10.0 Å². The fourth-order valence-electron chi connectivity index (χ4n) is 4.01. The molecule has 36 heavy (non-hydrogen) atoms. The molecule has 0 aliphatic heterocycles. The van der Waals surface area contributed by atoms with Gasteiger partial charge in [-0.25, -0.2) is 4.79 Å². The highest BCUT2D eigenvalue weighted by Crippen LogP contribution is 2.46. The second kappa shape index (κ2) is 10.2. The maximum atomic E-state index is 13.1. The molecule has 2 aromatic heterocycles. The highest BCUT2D eigenvalue weighted by molar-refractivity contribution is 6.42. The van der Waals surface area contributed by atoms with Crippen molar-refractivity contribution in [3.8, 4) is 0 Å². The van der Waals surface area contributed by atoms with Gasteiger partial charge in [-0.15, -0.1) is 0 Å². The van der Waals surface area contributed by atoms with Crippen molar-refractivity contribution in [1.29, 1.82) is 0 Å². The van der Waals surface area contributed by atoms with E-state index in [0.717, 1.165) is 11.3 Å². The zero-order valence-electron chi connectivity index (χ0n) is 19.9. The number of rotatable bonds is 8. The number of pyridine rings is 1. The molecule has 1 fully saturated rings. The minimum atomic E-state index is -0.369. The van der Waals surface area contributed by atoms with Crippen LogP contribution in [-0.4, -0.2) is 51.8 Å². The molecule has 4 rings (SSSR count). The Bertz CT molecular complexity index is 1340. The smallest absolute Gasteiger partial charge is 0.325 e. The molecule has 2 atom stereocenters. The molecule has 0 spiro atoms. The standard InChI is InChI=1S/C24H25Cl2N7O3/c1-31(11-13-4-5-17(25)18(26)8-13)24(36)33(3)22-20(12-34)32(2)23(30-22)29-14-6-7-28-19(9-14)15-10-16(15)21(27)35/h4-9,12,15-16H,10-11H2,1-3H3,(H2,27,35)(H,28,29,30)/t15-,16-/m0/s1. The number of aldehydes is 1. The van der Waals surface area contributed by atoms with Crippen LogP contribution in [0, 0.1) is 5.92 Å². The zero-order chi connectivity index (χ0) is 26.1. The minimum Gasteiger partial charge on any atom is -0.369 e. The first-order chi connectivity index (χ1) is 17.1. The molecule has 0 bridgehead atoms. The molecule has 0 unspecified atom stereocenters. The van der Waals surface area contributed by atoms with Gasteiger partial charge in [0.2, 0.25) is 11.9 Å². The van der Waals surface area contributed by atoms with Crippen LogP contribution in [0.2, 0.25) is 10.0 Å². The van der Waals surface area contributed by atoms with Gasteiger partial charge in [-0.1, -0.05) is 29.3 Å². The number of halogens is 2.